The van der Waals surface area contributed by atoms with Crippen molar-refractivity contribution in [3.05, 3.63) is 231 Å². The van der Waals surface area contributed by atoms with E-state index >= 15 is 0 Å². The van der Waals surface area contributed by atoms with E-state index in [2.05, 4.69) is 240 Å². The lowest BCUT2D eigenvalue weighted by atomic mass is 9.95. The molecule has 300 valence electrons. The van der Waals surface area contributed by atoms with Crippen LogP contribution in [-0.2, 0) is 0 Å². The van der Waals surface area contributed by atoms with Crippen LogP contribution in [0.1, 0.15) is 13.8 Å². The summed E-state index contributed by atoms with van der Waals surface area (Å²) in [6, 6.07) is 84.1. The summed E-state index contributed by atoms with van der Waals surface area (Å²) in [6.45, 7) is 4.00. The third kappa shape index (κ3) is 6.66. The van der Waals surface area contributed by atoms with Crippen molar-refractivity contribution in [2.75, 3.05) is 4.90 Å². The van der Waals surface area contributed by atoms with E-state index in [1.54, 1.807) is 0 Å². The molecule has 0 saturated heterocycles. The van der Waals surface area contributed by atoms with E-state index in [0.29, 0.717) is 0 Å². The number of benzene rings is 10. The fraction of sp³-hybridized carbons (Fsp3) is 0.0333. The summed E-state index contributed by atoms with van der Waals surface area (Å²) in [5, 5.41) is 7.54. The highest BCUT2D eigenvalue weighted by molar-refractivity contribution is 7.26. The van der Waals surface area contributed by atoms with Crippen molar-refractivity contribution >= 4 is 81.1 Å². The number of hydrogen-bond acceptors (Lipinski definition) is 2. The molecule has 12 rings (SSSR count). The number of thiophene rings is 1. The Morgan fingerprint density at radius 2 is 0.905 bits per heavy atom. The number of para-hydroxylation sites is 2. The number of aromatic nitrogens is 1. The fourth-order valence-electron chi connectivity index (χ4n) is 9.35. The van der Waals surface area contributed by atoms with Gasteiger partial charge in [-0.2, -0.15) is 0 Å². The van der Waals surface area contributed by atoms with Crippen molar-refractivity contribution in [1.82, 2.24) is 4.57 Å². The molecule has 0 aliphatic heterocycles. The molecule has 0 saturated carbocycles. The first-order chi connectivity index (χ1) is 31.3. The molecule has 10 aromatic carbocycles. The summed E-state index contributed by atoms with van der Waals surface area (Å²) in [5.74, 6) is 0. The molecule has 0 bridgehead atoms. The van der Waals surface area contributed by atoms with Gasteiger partial charge in [0.15, 0.2) is 0 Å². The van der Waals surface area contributed by atoms with Crippen LogP contribution in [-0.4, -0.2) is 4.57 Å². The minimum Gasteiger partial charge on any atom is -0.310 e. The zero-order valence-electron chi connectivity index (χ0n) is 35.2. The molecule has 2 nitrogen and oxygen atoms in total. The summed E-state index contributed by atoms with van der Waals surface area (Å²) in [5.41, 5.74) is 14.2. The molecule has 63 heavy (non-hydrogen) atoms. The summed E-state index contributed by atoms with van der Waals surface area (Å²) in [7, 11) is 0. The monoisotopic (exact) mass is 824 g/mol. The Morgan fingerprint density at radius 3 is 1.65 bits per heavy atom. The second-order valence-electron chi connectivity index (χ2n) is 15.7. The molecule has 2 aromatic heterocycles. The van der Waals surface area contributed by atoms with E-state index in [4.69, 9.17) is 0 Å². The van der Waals surface area contributed by atoms with E-state index in [1.807, 2.05) is 25.2 Å². The molecule has 0 amide bonds. The third-order valence-corrected chi connectivity index (χ3v) is 13.4. The Labute approximate surface area is 372 Å². The van der Waals surface area contributed by atoms with Crippen molar-refractivity contribution in [3.63, 3.8) is 0 Å². The SMILES string of the molecule is CC.c1ccc(-c2ccc(N(c3ccc(-c4cccc5c4sc4ccccc45)cc3)c3ccc(-c4ccc5c(c4)c4ccccc4n5-c4ccccc4)c4ccccc34)cc2)cc1. The average Bonchev–Trinajstić information content (AvgIpc) is 3.91. The molecule has 3 heteroatoms. The zero-order chi connectivity index (χ0) is 42.3. The lowest BCUT2D eigenvalue weighted by Gasteiger charge is -2.28. The standard InChI is InChI=1S/C58H38N2S.C2H6/c1-3-14-39(15-4-1)40-26-31-44(32-27-40)59(45-33-28-41(29-34-45)47-22-13-23-52-51-21-10-12-25-57(51)61-58(47)52)55-37-35-46(48-18-7-8-19-49(48)55)42-30-36-56-53(38-42)50-20-9-11-24-54(50)60(56)43-16-5-2-6-17-43;1-2/h1-38H;1-2H3. The van der Waals surface area contributed by atoms with E-state index in [1.165, 1.54) is 91.8 Å². The molecule has 0 fully saturated rings. The van der Waals surface area contributed by atoms with Gasteiger partial charge in [-0.05, 0) is 105 Å². The molecule has 0 aliphatic carbocycles. The van der Waals surface area contributed by atoms with Crippen molar-refractivity contribution < 1.29 is 0 Å². The normalized spacial score (nSPS) is 11.3. The van der Waals surface area contributed by atoms with Crippen LogP contribution in [0.4, 0.5) is 17.1 Å². The quantitative estimate of drug-likeness (QED) is 0.155. The lowest BCUT2D eigenvalue weighted by molar-refractivity contribution is 1.18. The Morgan fingerprint density at radius 1 is 0.349 bits per heavy atom. The average molecular weight is 825 g/mol. The van der Waals surface area contributed by atoms with Gasteiger partial charge in [-0.15, -0.1) is 11.3 Å². The van der Waals surface area contributed by atoms with Crippen LogP contribution in [0.5, 0.6) is 0 Å². The van der Waals surface area contributed by atoms with Crippen LogP contribution in [0, 0.1) is 0 Å². The van der Waals surface area contributed by atoms with Crippen molar-refractivity contribution in [2.24, 2.45) is 0 Å². The van der Waals surface area contributed by atoms with E-state index < -0.39 is 0 Å². The number of anilines is 3. The first-order valence-corrected chi connectivity index (χ1v) is 22.7. The predicted octanol–water partition coefficient (Wildman–Crippen LogP) is 17.8. The highest BCUT2D eigenvalue weighted by atomic mass is 32.1. The van der Waals surface area contributed by atoms with Crippen LogP contribution in [0.3, 0.4) is 0 Å². The fourth-order valence-corrected chi connectivity index (χ4v) is 10.6. The number of hydrogen-bond donors (Lipinski definition) is 0. The minimum absolute atomic E-state index is 1.10. The summed E-state index contributed by atoms with van der Waals surface area (Å²) in [6.07, 6.45) is 0. The van der Waals surface area contributed by atoms with Crippen molar-refractivity contribution in [3.8, 4) is 39.1 Å². The van der Waals surface area contributed by atoms with Crippen molar-refractivity contribution in [1.29, 1.82) is 0 Å². The zero-order valence-corrected chi connectivity index (χ0v) is 36.1. The topological polar surface area (TPSA) is 8.17 Å². The highest BCUT2D eigenvalue weighted by Gasteiger charge is 2.20. The third-order valence-electron chi connectivity index (χ3n) is 12.2. The Kier molecular flexibility index (Phi) is 9.88. The van der Waals surface area contributed by atoms with Gasteiger partial charge in [0.2, 0.25) is 0 Å². The van der Waals surface area contributed by atoms with Gasteiger partial charge < -0.3 is 9.47 Å². The molecule has 0 radical (unpaired) electrons. The molecule has 0 aliphatic rings. The Bertz CT molecular complexity index is 3560. The van der Waals surface area contributed by atoms with Crippen LogP contribution < -0.4 is 4.90 Å². The number of fused-ring (bicyclic) bond motifs is 7. The van der Waals surface area contributed by atoms with Crippen LogP contribution in [0.15, 0.2) is 231 Å². The Balaban J connectivity index is 0.00000219. The second kappa shape index (κ2) is 16.3. The maximum absolute atomic E-state index is 2.42. The second-order valence-corrected chi connectivity index (χ2v) is 16.7. The number of rotatable bonds is 7. The van der Waals surface area contributed by atoms with Crippen molar-refractivity contribution in [2.45, 2.75) is 13.8 Å². The summed E-state index contributed by atoms with van der Waals surface area (Å²) < 4.78 is 5.03. The van der Waals surface area contributed by atoms with Gasteiger partial charge in [-0.1, -0.05) is 178 Å². The maximum atomic E-state index is 2.42. The van der Waals surface area contributed by atoms with E-state index in [9.17, 15) is 0 Å². The van der Waals surface area contributed by atoms with E-state index in [0.717, 1.165) is 17.1 Å². The lowest BCUT2D eigenvalue weighted by Crippen LogP contribution is -2.10. The smallest absolute Gasteiger partial charge is 0.0541 e. The molecular formula is C60H44N2S. The molecule has 0 atom stereocenters. The van der Waals surface area contributed by atoms with Gasteiger partial charge in [0.25, 0.3) is 0 Å². The molecule has 0 spiro atoms. The van der Waals surface area contributed by atoms with Gasteiger partial charge in [0, 0.05) is 53.4 Å². The maximum Gasteiger partial charge on any atom is 0.0541 e. The molecule has 0 N–H and O–H groups in total. The van der Waals surface area contributed by atoms with Gasteiger partial charge >= 0.3 is 0 Å². The number of nitrogens with zero attached hydrogens (tertiary/aromatic N) is 2. The first kappa shape index (κ1) is 38.2. The van der Waals surface area contributed by atoms with Gasteiger partial charge in [-0.3, -0.25) is 0 Å². The molecule has 12 aromatic rings. The summed E-state index contributed by atoms with van der Waals surface area (Å²) in [4.78, 5) is 2.42. The first-order valence-electron chi connectivity index (χ1n) is 21.8. The summed E-state index contributed by atoms with van der Waals surface area (Å²) >= 11 is 1.88. The van der Waals surface area contributed by atoms with Crippen LogP contribution >= 0.6 is 11.3 Å². The highest BCUT2D eigenvalue weighted by Crippen LogP contribution is 2.45. The molecule has 0 unspecified atom stereocenters. The van der Waals surface area contributed by atoms with Crippen LogP contribution in [0.2, 0.25) is 0 Å². The predicted molar refractivity (Wildman–Crippen MR) is 274 cm³/mol. The van der Waals surface area contributed by atoms with Gasteiger partial charge in [0.1, 0.15) is 0 Å². The van der Waals surface area contributed by atoms with E-state index in [-0.39, 0.29) is 0 Å². The minimum atomic E-state index is 1.10. The van der Waals surface area contributed by atoms with Gasteiger partial charge in [-0.25, -0.2) is 0 Å². The van der Waals surface area contributed by atoms with Gasteiger partial charge in [0.05, 0.1) is 16.7 Å². The molecule has 2 heterocycles. The molecular weight excluding hydrogens is 781 g/mol. The van der Waals surface area contributed by atoms with Crippen LogP contribution in [0.25, 0.3) is 91.8 Å². The largest absolute Gasteiger partial charge is 0.310 e. The Hall–Kier alpha value is -7.72.